The van der Waals surface area contributed by atoms with E-state index in [4.69, 9.17) is 5.73 Å². The van der Waals surface area contributed by atoms with Crippen molar-refractivity contribution in [1.29, 1.82) is 0 Å². The lowest BCUT2D eigenvalue weighted by molar-refractivity contribution is -0.128. The van der Waals surface area contributed by atoms with Gasteiger partial charge in [-0.05, 0) is 34.5 Å². The Morgan fingerprint density at radius 3 is 3.00 bits per heavy atom. The summed E-state index contributed by atoms with van der Waals surface area (Å²) in [6.07, 6.45) is 0.614. The van der Waals surface area contributed by atoms with E-state index in [1.807, 2.05) is 10.3 Å². The van der Waals surface area contributed by atoms with Gasteiger partial charge in [-0.15, -0.1) is 11.3 Å². The average molecular weight is 289 g/mol. The summed E-state index contributed by atoms with van der Waals surface area (Å²) in [7, 11) is 0. The second-order valence-corrected chi connectivity index (χ2v) is 5.72. The molecule has 1 amide bonds. The predicted octanol–water partition coefficient (Wildman–Crippen LogP) is 1.82. The van der Waals surface area contributed by atoms with E-state index < -0.39 is 0 Å². The molecule has 0 bridgehead atoms. The van der Waals surface area contributed by atoms with Gasteiger partial charge in [0.2, 0.25) is 5.91 Å². The number of carbonyl (C=O) groups excluding carboxylic acids is 1. The van der Waals surface area contributed by atoms with E-state index >= 15 is 0 Å². The van der Waals surface area contributed by atoms with Crippen molar-refractivity contribution in [2.75, 3.05) is 13.1 Å². The van der Waals surface area contributed by atoms with E-state index in [9.17, 15) is 4.79 Å². The minimum absolute atomic E-state index is 0.231. The Balaban J connectivity index is 1.98. The van der Waals surface area contributed by atoms with Crippen LogP contribution in [0.1, 0.15) is 11.3 Å². The van der Waals surface area contributed by atoms with Gasteiger partial charge in [0.15, 0.2) is 0 Å². The van der Waals surface area contributed by atoms with Crippen LogP contribution in [0.5, 0.6) is 0 Å². The van der Waals surface area contributed by atoms with Gasteiger partial charge in [-0.3, -0.25) is 4.79 Å². The molecule has 5 heteroatoms. The third-order valence-electron chi connectivity index (χ3n) is 2.60. The number of hydrogen-bond donors (Lipinski definition) is 1. The van der Waals surface area contributed by atoms with Crippen LogP contribution < -0.4 is 5.73 Å². The Labute approximate surface area is 101 Å². The van der Waals surface area contributed by atoms with E-state index in [0.717, 1.165) is 17.6 Å². The molecule has 1 atom stereocenters. The zero-order valence-electron chi connectivity index (χ0n) is 8.28. The van der Waals surface area contributed by atoms with Gasteiger partial charge in [0.05, 0.1) is 6.54 Å². The second kappa shape index (κ2) is 4.63. The molecule has 0 saturated carbocycles. The maximum absolute atomic E-state index is 11.6. The van der Waals surface area contributed by atoms with Gasteiger partial charge in [0, 0.05) is 27.7 Å². The summed E-state index contributed by atoms with van der Waals surface area (Å²) in [4.78, 5) is 14.7. The van der Waals surface area contributed by atoms with Crippen LogP contribution >= 0.6 is 27.3 Å². The van der Waals surface area contributed by atoms with Crippen LogP contribution in [0.3, 0.4) is 0 Å². The molecule has 1 aliphatic heterocycles. The Bertz CT molecular complexity index is 366. The van der Waals surface area contributed by atoms with Gasteiger partial charge in [0.1, 0.15) is 0 Å². The molecule has 2 N–H and O–H groups in total. The lowest BCUT2D eigenvalue weighted by Crippen LogP contribution is -2.25. The molecule has 2 heterocycles. The van der Waals surface area contributed by atoms with Crippen molar-refractivity contribution in [2.45, 2.75) is 13.0 Å². The zero-order valence-corrected chi connectivity index (χ0v) is 10.7. The third kappa shape index (κ3) is 2.59. The molecule has 82 valence electrons. The highest BCUT2D eigenvalue weighted by Crippen LogP contribution is 2.24. The molecule has 1 unspecified atom stereocenters. The second-order valence-electron chi connectivity index (χ2n) is 3.81. The van der Waals surface area contributed by atoms with Crippen LogP contribution in [-0.4, -0.2) is 23.9 Å². The van der Waals surface area contributed by atoms with Crippen molar-refractivity contribution >= 4 is 33.2 Å². The van der Waals surface area contributed by atoms with Gasteiger partial charge in [-0.1, -0.05) is 0 Å². The fourth-order valence-electron chi connectivity index (χ4n) is 1.79. The molecule has 1 fully saturated rings. The van der Waals surface area contributed by atoms with Crippen LogP contribution in [0.25, 0.3) is 0 Å². The fraction of sp³-hybridized carbons (Fsp3) is 0.500. The molecule has 0 aromatic carbocycles. The molecule has 1 aromatic heterocycles. The summed E-state index contributed by atoms with van der Waals surface area (Å²) in [5.74, 6) is 0.580. The summed E-state index contributed by atoms with van der Waals surface area (Å²) < 4.78 is 1.09. The minimum atomic E-state index is 0.231. The number of rotatable bonds is 3. The van der Waals surface area contributed by atoms with Crippen molar-refractivity contribution < 1.29 is 4.79 Å². The highest BCUT2D eigenvalue weighted by atomic mass is 79.9. The molecule has 15 heavy (non-hydrogen) atoms. The zero-order chi connectivity index (χ0) is 10.8. The van der Waals surface area contributed by atoms with Crippen LogP contribution in [-0.2, 0) is 11.3 Å². The van der Waals surface area contributed by atoms with Gasteiger partial charge in [-0.2, -0.15) is 0 Å². The summed E-state index contributed by atoms with van der Waals surface area (Å²) >= 11 is 5.08. The fourth-order valence-corrected chi connectivity index (χ4v) is 3.26. The number of nitrogens with two attached hydrogens (primary N) is 1. The molecule has 0 aliphatic carbocycles. The van der Waals surface area contributed by atoms with Gasteiger partial charge >= 0.3 is 0 Å². The van der Waals surface area contributed by atoms with Crippen molar-refractivity contribution in [1.82, 2.24) is 4.90 Å². The van der Waals surface area contributed by atoms with Crippen LogP contribution in [0.15, 0.2) is 15.9 Å². The average Bonchev–Trinajstić information content (AvgIpc) is 2.75. The number of nitrogens with zero attached hydrogens (tertiary/aromatic N) is 1. The Hall–Kier alpha value is -0.390. The largest absolute Gasteiger partial charge is 0.337 e. The van der Waals surface area contributed by atoms with Crippen molar-refractivity contribution in [2.24, 2.45) is 11.7 Å². The molecule has 3 nitrogen and oxygen atoms in total. The number of amides is 1. The third-order valence-corrected chi connectivity index (χ3v) is 4.28. The Kier molecular flexibility index (Phi) is 3.43. The maximum Gasteiger partial charge on any atom is 0.223 e. The SMILES string of the molecule is NCC1CC(=O)N(Cc2cc(Br)cs2)C1. The summed E-state index contributed by atoms with van der Waals surface area (Å²) in [5, 5.41) is 2.04. The lowest BCUT2D eigenvalue weighted by atomic mass is 10.1. The first kappa shape index (κ1) is 11.1. The summed E-state index contributed by atoms with van der Waals surface area (Å²) in [6.45, 7) is 2.15. The minimum Gasteiger partial charge on any atom is -0.337 e. The number of halogens is 1. The molecule has 1 aliphatic rings. The van der Waals surface area contributed by atoms with Gasteiger partial charge < -0.3 is 10.6 Å². The molecular formula is C10H13BrN2OS. The first-order valence-corrected chi connectivity index (χ1v) is 6.57. The Morgan fingerprint density at radius 2 is 2.47 bits per heavy atom. The highest BCUT2D eigenvalue weighted by Gasteiger charge is 2.28. The lowest BCUT2D eigenvalue weighted by Gasteiger charge is -2.14. The van der Waals surface area contributed by atoms with E-state index in [1.54, 1.807) is 11.3 Å². The monoisotopic (exact) mass is 288 g/mol. The molecule has 1 saturated heterocycles. The quantitative estimate of drug-likeness (QED) is 0.922. The highest BCUT2D eigenvalue weighted by molar-refractivity contribution is 9.10. The number of thiophene rings is 1. The van der Waals surface area contributed by atoms with E-state index in [0.29, 0.717) is 18.9 Å². The van der Waals surface area contributed by atoms with Gasteiger partial charge in [-0.25, -0.2) is 0 Å². The summed E-state index contributed by atoms with van der Waals surface area (Å²) in [6, 6.07) is 2.06. The van der Waals surface area contributed by atoms with Crippen molar-refractivity contribution in [3.8, 4) is 0 Å². The molecule has 1 aromatic rings. The number of carbonyl (C=O) groups is 1. The maximum atomic E-state index is 11.6. The number of likely N-dealkylation sites (tertiary alicyclic amines) is 1. The van der Waals surface area contributed by atoms with E-state index in [1.165, 1.54) is 4.88 Å². The summed E-state index contributed by atoms with van der Waals surface area (Å²) in [5.41, 5.74) is 5.57. The number of hydrogen-bond acceptors (Lipinski definition) is 3. The first-order chi connectivity index (χ1) is 7.19. The van der Waals surface area contributed by atoms with E-state index in [2.05, 4.69) is 22.0 Å². The normalized spacial score (nSPS) is 21.3. The predicted molar refractivity (Wildman–Crippen MR) is 64.6 cm³/mol. The molecular weight excluding hydrogens is 276 g/mol. The van der Waals surface area contributed by atoms with Gasteiger partial charge in [0.25, 0.3) is 0 Å². The van der Waals surface area contributed by atoms with Crippen LogP contribution in [0, 0.1) is 5.92 Å². The molecule has 0 radical (unpaired) electrons. The molecule has 0 spiro atoms. The Morgan fingerprint density at radius 1 is 1.67 bits per heavy atom. The molecule has 2 rings (SSSR count). The van der Waals surface area contributed by atoms with Crippen LogP contribution in [0.4, 0.5) is 0 Å². The van der Waals surface area contributed by atoms with Crippen molar-refractivity contribution in [3.63, 3.8) is 0 Å². The first-order valence-electron chi connectivity index (χ1n) is 4.90. The standard InChI is InChI=1S/C10H13BrN2OS/c11-8-2-9(15-6-8)5-13-4-7(3-12)1-10(13)14/h2,6-7H,1,3-5,12H2. The topological polar surface area (TPSA) is 46.3 Å². The van der Waals surface area contributed by atoms with Crippen LogP contribution in [0.2, 0.25) is 0 Å². The smallest absolute Gasteiger partial charge is 0.223 e. The van der Waals surface area contributed by atoms with Crippen molar-refractivity contribution in [3.05, 3.63) is 20.8 Å². The van der Waals surface area contributed by atoms with E-state index in [-0.39, 0.29) is 5.91 Å².